The van der Waals surface area contributed by atoms with Gasteiger partial charge in [-0.15, -0.1) is 0 Å². The molecule has 0 radical (unpaired) electrons. The molecule has 2 aromatic carbocycles. The molecule has 140 valence electrons. The van der Waals surface area contributed by atoms with Crippen LogP contribution in [0.25, 0.3) is 22.2 Å². The summed E-state index contributed by atoms with van der Waals surface area (Å²) in [6, 6.07) is 16.0. The van der Waals surface area contributed by atoms with Crippen LogP contribution in [0.4, 0.5) is 0 Å². The average molecular weight is 371 g/mol. The van der Waals surface area contributed by atoms with Crippen LogP contribution in [0.1, 0.15) is 17.5 Å². The topological polar surface area (TPSA) is 102 Å². The summed E-state index contributed by atoms with van der Waals surface area (Å²) in [5.74, 6) is -1.06. The number of H-pyrrole nitrogens is 1. The Bertz CT molecular complexity index is 1170. The number of hydrogen-bond donors (Lipinski definition) is 3. The van der Waals surface area contributed by atoms with E-state index in [0.717, 1.165) is 27.7 Å². The Morgan fingerprint density at radius 3 is 2.57 bits per heavy atom. The molecule has 0 aliphatic heterocycles. The molecular formula is C23H21N3O2. The maximum Gasteiger partial charge on any atom is 0.244 e. The molecule has 1 atom stereocenters. The van der Waals surface area contributed by atoms with Gasteiger partial charge in [-0.05, 0) is 36.6 Å². The smallest absolute Gasteiger partial charge is 0.244 e. The number of nitrogens with two attached hydrogens (primary N) is 2. The third kappa shape index (κ3) is 2.81. The van der Waals surface area contributed by atoms with E-state index in [9.17, 15) is 9.59 Å². The van der Waals surface area contributed by atoms with Gasteiger partial charge in [-0.2, -0.15) is 0 Å². The molecule has 1 unspecified atom stereocenters. The van der Waals surface area contributed by atoms with E-state index in [1.54, 1.807) is 18.2 Å². The van der Waals surface area contributed by atoms with Crippen molar-refractivity contribution >= 4 is 22.7 Å². The summed E-state index contributed by atoms with van der Waals surface area (Å²) in [5.41, 5.74) is 15.4. The normalized spacial score (nSPS) is 18.8. The van der Waals surface area contributed by atoms with Crippen molar-refractivity contribution in [3.8, 4) is 11.3 Å². The molecule has 5 N–H and O–H groups in total. The highest BCUT2D eigenvalue weighted by molar-refractivity contribution is 5.98. The second kappa shape index (κ2) is 6.53. The molecule has 5 nitrogen and oxygen atoms in total. The van der Waals surface area contributed by atoms with Crippen molar-refractivity contribution in [3.63, 3.8) is 0 Å². The summed E-state index contributed by atoms with van der Waals surface area (Å²) in [6.45, 7) is 2.07. The lowest BCUT2D eigenvalue weighted by atomic mass is 9.72. The van der Waals surface area contributed by atoms with Crippen molar-refractivity contribution in [1.82, 2.24) is 4.98 Å². The van der Waals surface area contributed by atoms with E-state index in [2.05, 4.69) is 30.1 Å². The number of hydrogen-bond acceptors (Lipinski definition) is 2. The number of benzene rings is 2. The molecule has 0 saturated heterocycles. The highest BCUT2D eigenvalue weighted by atomic mass is 16.1. The third-order valence-corrected chi connectivity index (χ3v) is 5.48. The minimum absolute atomic E-state index is 0.158. The molecule has 2 amide bonds. The molecule has 0 fully saturated rings. The minimum Gasteiger partial charge on any atom is -0.369 e. The number of rotatable bonds is 4. The molecule has 1 heterocycles. The van der Waals surface area contributed by atoms with E-state index in [4.69, 9.17) is 11.5 Å². The summed E-state index contributed by atoms with van der Waals surface area (Å²) < 4.78 is 0. The number of carbonyl (C=O) groups excluding carboxylic acids is 2. The zero-order valence-electron chi connectivity index (χ0n) is 15.5. The molecule has 28 heavy (non-hydrogen) atoms. The lowest BCUT2D eigenvalue weighted by Gasteiger charge is -2.30. The first-order valence-electron chi connectivity index (χ1n) is 9.08. The number of primary amides is 2. The Balaban J connectivity index is 1.82. The van der Waals surface area contributed by atoms with Gasteiger partial charge < -0.3 is 16.5 Å². The first kappa shape index (κ1) is 17.8. The summed E-state index contributed by atoms with van der Waals surface area (Å²) in [4.78, 5) is 27.5. The van der Waals surface area contributed by atoms with Crippen LogP contribution in [0.15, 0.2) is 72.3 Å². The van der Waals surface area contributed by atoms with Crippen molar-refractivity contribution in [3.05, 3.63) is 83.5 Å². The minimum atomic E-state index is -1.10. The van der Waals surface area contributed by atoms with Gasteiger partial charge in [0.1, 0.15) is 0 Å². The molecular weight excluding hydrogens is 350 g/mol. The van der Waals surface area contributed by atoms with Crippen molar-refractivity contribution in [2.45, 2.75) is 18.8 Å². The number of fused-ring (bicyclic) bond motifs is 1. The third-order valence-electron chi connectivity index (χ3n) is 5.48. The molecule has 1 aliphatic rings. The molecule has 1 aromatic heterocycles. The highest BCUT2D eigenvalue weighted by Gasteiger charge is 2.39. The summed E-state index contributed by atoms with van der Waals surface area (Å²) in [6.07, 6.45) is 5.21. The molecule has 5 heteroatoms. The van der Waals surface area contributed by atoms with Crippen LogP contribution in [-0.4, -0.2) is 16.8 Å². The standard InChI is InChI=1S/C23H21N3O2/c1-14-5-2-3-7-18(14)20-11-15-8-9-17(12-19(15)26-20)23(22(25)28)10-4-6-16(13-23)21(24)27/h2-12,26H,13H2,1H3,(H2,24,27)(H2,25,28). The average Bonchev–Trinajstić information content (AvgIpc) is 3.11. The highest BCUT2D eigenvalue weighted by Crippen LogP contribution is 2.37. The number of nitrogens with one attached hydrogen (secondary N) is 1. The SMILES string of the molecule is Cc1ccccc1-c1cc2ccc(C3(C(N)=O)C=CC=C(C(N)=O)C3)cc2[nH]1. The molecule has 4 rings (SSSR count). The van der Waals surface area contributed by atoms with Crippen LogP contribution in [0.5, 0.6) is 0 Å². The molecule has 0 bridgehead atoms. The van der Waals surface area contributed by atoms with Gasteiger partial charge >= 0.3 is 0 Å². The second-order valence-electron chi connectivity index (χ2n) is 7.23. The first-order chi connectivity index (χ1) is 13.4. The number of aromatic amines is 1. The molecule has 3 aromatic rings. The predicted molar refractivity (Wildman–Crippen MR) is 110 cm³/mol. The van der Waals surface area contributed by atoms with Gasteiger partial charge in [0.05, 0.1) is 5.41 Å². The maximum absolute atomic E-state index is 12.4. The fourth-order valence-corrected chi connectivity index (χ4v) is 3.85. The van der Waals surface area contributed by atoms with Gasteiger partial charge in [-0.3, -0.25) is 9.59 Å². The van der Waals surface area contributed by atoms with Gasteiger partial charge in [0.2, 0.25) is 11.8 Å². The summed E-state index contributed by atoms with van der Waals surface area (Å²) in [5, 5.41) is 1.03. The van der Waals surface area contributed by atoms with Gasteiger partial charge in [0.25, 0.3) is 0 Å². The van der Waals surface area contributed by atoms with E-state index in [1.807, 2.05) is 30.3 Å². The molecule has 1 aliphatic carbocycles. The van der Waals surface area contributed by atoms with E-state index >= 15 is 0 Å². The fraction of sp³-hybridized carbons (Fsp3) is 0.130. The zero-order chi connectivity index (χ0) is 19.9. The van der Waals surface area contributed by atoms with Gasteiger partial charge in [0.15, 0.2) is 0 Å². The van der Waals surface area contributed by atoms with Crippen LogP contribution in [0, 0.1) is 6.92 Å². The van der Waals surface area contributed by atoms with E-state index in [-0.39, 0.29) is 6.42 Å². The molecule has 0 spiro atoms. The Labute approximate surface area is 162 Å². The van der Waals surface area contributed by atoms with Crippen molar-refractivity contribution < 1.29 is 9.59 Å². The van der Waals surface area contributed by atoms with Crippen molar-refractivity contribution in [1.29, 1.82) is 0 Å². The Morgan fingerprint density at radius 1 is 1.07 bits per heavy atom. The summed E-state index contributed by atoms with van der Waals surface area (Å²) >= 11 is 0. The van der Waals surface area contributed by atoms with E-state index in [1.165, 1.54) is 5.56 Å². The van der Waals surface area contributed by atoms with Gasteiger partial charge in [-0.1, -0.05) is 54.6 Å². The monoisotopic (exact) mass is 371 g/mol. The van der Waals surface area contributed by atoms with Crippen LogP contribution in [0.2, 0.25) is 0 Å². The number of aryl methyl sites for hydroxylation is 1. The van der Waals surface area contributed by atoms with Crippen LogP contribution >= 0.6 is 0 Å². The maximum atomic E-state index is 12.4. The summed E-state index contributed by atoms with van der Waals surface area (Å²) in [7, 11) is 0. The predicted octanol–water partition coefficient (Wildman–Crippen LogP) is 3.24. The largest absolute Gasteiger partial charge is 0.369 e. The number of aromatic nitrogens is 1. The lowest BCUT2D eigenvalue weighted by Crippen LogP contribution is -2.42. The Hall–Kier alpha value is -3.60. The van der Waals surface area contributed by atoms with Crippen molar-refractivity contribution in [2.24, 2.45) is 11.5 Å². The zero-order valence-corrected chi connectivity index (χ0v) is 15.5. The lowest BCUT2D eigenvalue weighted by molar-refractivity contribution is -0.122. The molecule has 0 saturated carbocycles. The van der Waals surface area contributed by atoms with E-state index < -0.39 is 17.2 Å². The number of carbonyl (C=O) groups is 2. The van der Waals surface area contributed by atoms with Crippen molar-refractivity contribution in [2.75, 3.05) is 0 Å². The van der Waals surface area contributed by atoms with Crippen LogP contribution in [-0.2, 0) is 15.0 Å². The van der Waals surface area contributed by atoms with Crippen LogP contribution in [0.3, 0.4) is 0 Å². The number of amides is 2. The Kier molecular flexibility index (Phi) is 4.15. The quantitative estimate of drug-likeness (QED) is 0.655. The number of allylic oxidation sites excluding steroid dienone is 2. The van der Waals surface area contributed by atoms with Gasteiger partial charge in [-0.25, -0.2) is 0 Å². The second-order valence-corrected chi connectivity index (χ2v) is 7.23. The Morgan fingerprint density at radius 2 is 1.86 bits per heavy atom. The first-order valence-corrected chi connectivity index (χ1v) is 9.08. The van der Waals surface area contributed by atoms with Crippen LogP contribution < -0.4 is 11.5 Å². The fourth-order valence-electron chi connectivity index (χ4n) is 3.85. The van der Waals surface area contributed by atoms with E-state index in [0.29, 0.717) is 5.57 Å². The van der Waals surface area contributed by atoms with Gasteiger partial charge in [0, 0.05) is 27.7 Å².